The molecule has 3 nitrogen and oxygen atoms in total. The van der Waals surface area contributed by atoms with E-state index in [-0.39, 0.29) is 18.1 Å². The summed E-state index contributed by atoms with van der Waals surface area (Å²) in [5.74, 6) is 0.889. The number of aliphatic hydroxyl groups excluding tert-OH is 1. The fourth-order valence-electron chi connectivity index (χ4n) is 1.99. The van der Waals surface area contributed by atoms with Crippen molar-refractivity contribution in [3.63, 3.8) is 0 Å². The molecular formula is C16H27NO2. The molecule has 3 heteroatoms. The highest BCUT2D eigenvalue weighted by atomic mass is 16.5. The molecule has 0 spiro atoms. The first-order chi connectivity index (χ1) is 9.05. The SMILES string of the molecule is CCC(CC)(CO)CNc1ccc(OC(C)C)cc1. The maximum Gasteiger partial charge on any atom is 0.119 e. The van der Waals surface area contributed by atoms with Crippen LogP contribution in [0.15, 0.2) is 24.3 Å². The lowest BCUT2D eigenvalue weighted by Crippen LogP contribution is -2.32. The van der Waals surface area contributed by atoms with Crippen LogP contribution in [0.1, 0.15) is 40.5 Å². The third kappa shape index (κ3) is 4.75. The predicted octanol–water partition coefficient (Wildman–Crippen LogP) is 3.68. The Kier molecular flexibility index (Phi) is 6.16. The van der Waals surface area contributed by atoms with Crippen LogP contribution in [0.25, 0.3) is 0 Å². The molecule has 0 unspecified atom stereocenters. The van der Waals surface area contributed by atoms with Crippen molar-refractivity contribution in [2.75, 3.05) is 18.5 Å². The van der Waals surface area contributed by atoms with E-state index in [4.69, 9.17) is 4.74 Å². The number of hydrogen-bond acceptors (Lipinski definition) is 3. The highest BCUT2D eigenvalue weighted by molar-refractivity contribution is 5.46. The normalized spacial score (nSPS) is 11.7. The molecule has 0 aliphatic carbocycles. The number of rotatable bonds is 8. The highest BCUT2D eigenvalue weighted by Crippen LogP contribution is 2.26. The van der Waals surface area contributed by atoms with Crippen molar-refractivity contribution >= 4 is 5.69 Å². The number of benzene rings is 1. The monoisotopic (exact) mass is 265 g/mol. The summed E-state index contributed by atoms with van der Waals surface area (Å²) in [6.07, 6.45) is 2.14. The van der Waals surface area contributed by atoms with Crippen LogP contribution in [0, 0.1) is 5.41 Å². The third-order valence-electron chi connectivity index (χ3n) is 3.73. The lowest BCUT2D eigenvalue weighted by Gasteiger charge is -2.30. The van der Waals surface area contributed by atoms with Gasteiger partial charge in [-0.25, -0.2) is 0 Å². The molecule has 0 saturated heterocycles. The average Bonchev–Trinajstić information content (AvgIpc) is 2.42. The van der Waals surface area contributed by atoms with Gasteiger partial charge in [0.15, 0.2) is 0 Å². The summed E-state index contributed by atoms with van der Waals surface area (Å²) in [7, 11) is 0. The largest absolute Gasteiger partial charge is 0.491 e. The van der Waals surface area contributed by atoms with Gasteiger partial charge in [-0.3, -0.25) is 0 Å². The van der Waals surface area contributed by atoms with Crippen molar-refractivity contribution in [3.8, 4) is 5.75 Å². The first-order valence-corrected chi connectivity index (χ1v) is 7.16. The topological polar surface area (TPSA) is 41.5 Å². The van der Waals surface area contributed by atoms with Gasteiger partial charge in [0.1, 0.15) is 5.75 Å². The van der Waals surface area contributed by atoms with Gasteiger partial charge < -0.3 is 15.2 Å². The second-order valence-electron chi connectivity index (χ2n) is 5.41. The zero-order chi connectivity index (χ0) is 14.3. The molecule has 0 atom stereocenters. The van der Waals surface area contributed by atoms with Crippen molar-refractivity contribution in [1.82, 2.24) is 0 Å². The second-order valence-corrected chi connectivity index (χ2v) is 5.41. The number of aliphatic hydroxyl groups is 1. The molecule has 0 saturated carbocycles. The molecule has 0 fully saturated rings. The Hall–Kier alpha value is -1.22. The van der Waals surface area contributed by atoms with E-state index in [1.807, 2.05) is 38.1 Å². The summed E-state index contributed by atoms with van der Waals surface area (Å²) in [4.78, 5) is 0. The van der Waals surface area contributed by atoms with Crippen LogP contribution >= 0.6 is 0 Å². The lowest BCUT2D eigenvalue weighted by molar-refractivity contribution is 0.127. The molecule has 0 aliphatic heterocycles. The molecule has 2 N–H and O–H groups in total. The Morgan fingerprint density at radius 1 is 1.16 bits per heavy atom. The maximum absolute atomic E-state index is 9.54. The van der Waals surface area contributed by atoms with E-state index >= 15 is 0 Å². The molecule has 19 heavy (non-hydrogen) atoms. The van der Waals surface area contributed by atoms with Gasteiger partial charge in [-0.2, -0.15) is 0 Å². The summed E-state index contributed by atoms with van der Waals surface area (Å²) < 4.78 is 5.61. The van der Waals surface area contributed by atoms with E-state index < -0.39 is 0 Å². The third-order valence-corrected chi connectivity index (χ3v) is 3.73. The van der Waals surface area contributed by atoms with Crippen molar-refractivity contribution in [3.05, 3.63) is 24.3 Å². The summed E-state index contributed by atoms with van der Waals surface area (Å²) in [6.45, 7) is 9.30. The fourth-order valence-corrected chi connectivity index (χ4v) is 1.99. The van der Waals surface area contributed by atoms with Gasteiger partial charge in [0, 0.05) is 17.6 Å². The fraction of sp³-hybridized carbons (Fsp3) is 0.625. The maximum atomic E-state index is 9.54. The van der Waals surface area contributed by atoms with Gasteiger partial charge in [0.2, 0.25) is 0 Å². The van der Waals surface area contributed by atoms with Crippen LogP contribution < -0.4 is 10.1 Å². The van der Waals surface area contributed by atoms with Gasteiger partial charge in [0.05, 0.1) is 12.7 Å². The summed E-state index contributed by atoms with van der Waals surface area (Å²) in [6, 6.07) is 7.98. The minimum atomic E-state index is -0.0207. The highest BCUT2D eigenvalue weighted by Gasteiger charge is 2.24. The first-order valence-electron chi connectivity index (χ1n) is 7.16. The smallest absolute Gasteiger partial charge is 0.119 e. The summed E-state index contributed by atoms with van der Waals surface area (Å²) in [5.41, 5.74) is 1.04. The van der Waals surface area contributed by atoms with Gasteiger partial charge in [-0.15, -0.1) is 0 Å². The van der Waals surface area contributed by atoms with E-state index in [0.29, 0.717) is 0 Å². The van der Waals surface area contributed by atoms with E-state index in [1.165, 1.54) is 0 Å². The Balaban J connectivity index is 2.58. The predicted molar refractivity (Wildman–Crippen MR) is 80.8 cm³/mol. The number of ether oxygens (including phenoxy) is 1. The Morgan fingerprint density at radius 2 is 1.74 bits per heavy atom. The molecule has 0 amide bonds. The summed E-state index contributed by atoms with van der Waals surface area (Å²) in [5, 5.41) is 12.9. The van der Waals surface area contributed by atoms with E-state index in [2.05, 4.69) is 19.2 Å². The second kappa shape index (κ2) is 7.39. The summed E-state index contributed by atoms with van der Waals surface area (Å²) >= 11 is 0. The number of hydrogen-bond donors (Lipinski definition) is 2. The molecule has 1 aromatic rings. The van der Waals surface area contributed by atoms with Crippen LogP contribution in [0.4, 0.5) is 5.69 Å². The van der Waals surface area contributed by atoms with E-state index in [0.717, 1.165) is 30.8 Å². The molecule has 0 aliphatic rings. The molecule has 0 aromatic heterocycles. The molecule has 0 heterocycles. The van der Waals surface area contributed by atoms with Gasteiger partial charge in [0.25, 0.3) is 0 Å². The average molecular weight is 265 g/mol. The van der Waals surface area contributed by atoms with E-state index in [1.54, 1.807) is 0 Å². The van der Waals surface area contributed by atoms with Crippen molar-refractivity contribution in [2.24, 2.45) is 5.41 Å². The van der Waals surface area contributed by atoms with Crippen LogP contribution in [0.2, 0.25) is 0 Å². The van der Waals surface area contributed by atoms with Crippen LogP contribution in [0.3, 0.4) is 0 Å². The Bertz CT molecular complexity index is 347. The Labute approximate surface area is 117 Å². The minimum Gasteiger partial charge on any atom is -0.491 e. The molecule has 1 aromatic carbocycles. The van der Waals surface area contributed by atoms with Gasteiger partial charge >= 0.3 is 0 Å². The molecule has 0 bridgehead atoms. The Morgan fingerprint density at radius 3 is 2.16 bits per heavy atom. The van der Waals surface area contributed by atoms with Crippen LogP contribution in [-0.4, -0.2) is 24.4 Å². The lowest BCUT2D eigenvalue weighted by atomic mass is 9.83. The standard InChI is InChI=1S/C16H27NO2/c1-5-16(6-2,12-18)11-17-14-7-9-15(10-8-14)19-13(3)4/h7-10,13,17-18H,5-6,11-12H2,1-4H3. The number of nitrogens with one attached hydrogen (secondary N) is 1. The quantitative estimate of drug-likeness (QED) is 0.753. The number of anilines is 1. The van der Waals surface area contributed by atoms with E-state index in [9.17, 15) is 5.11 Å². The molecule has 1 rings (SSSR count). The molecule has 0 radical (unpaired) electrons. The van der Waals surface area contributed by atoms with Crippen molar-refractivity contribution in [2.45, 2.75) is 46.6 Å². The minimum absolute atomic E-state index is 0.0207. The van der Waals surface area contributed by atoms with Gasteiger partial charge in [-0.1, -0.05) is 13.8 Å². The molecular weight excluding hydrogens is 238 g/mol. The van der Waals surface area contributed by atoms with Crippen LogP contribution in [0.5, 0.6) is 5.75 Å². The van der Waals surface area contributed by atoms with Crippen molar-refractivity contribution < 1.29 is 9.84 Å². The zero-order valence-electron chi connectivity index (χ0n) is 12.6. The van der Waals surface area contributed by atoms with Crippen molar-refractivity contribution in [1.29, 1.82) is 0 Å². The first kappa shape index (κ1) is 15.8. The molecule has 108 valence electrons. The zero-order valence-corrected chi connectivity index (χ0v) is 12.6. The van der Waals surface area contributed by atoms with Crippen LogP contribution in [-0.2, 0) is 0 Å². The van der Waals surface area contributed by atoms with Gasteiger partial charge in [-0.05, 0) is 51.0 Å².